The largest absolute Gasteiger partial charge is 0.444 e. The lowest BCUT2D eigenvalue weighted by atomic mass is 10.1. The van der Waals surface area contributed by atoms with E-state index in [0.717, 1.165) is 4.90 Å². The van der Waals surface area contributed by atoms with Crippen molar-refractivity contribution in [3.05, 3.63) is 66.4 Å². The van der Waals surface area contributed by atoms with Gasteiger partial charge in [0.25, 0.3) is 0 Å². The van der Waals surface area contributed by atoms with E-state index in [2.05, 4.69) is 10.1 Å². The number of rotatable bonds is 8. The molecule has 15 heteroatoms. The number of nitrogens with zero attached hydrogens (tertiary/aromatic N) is 5. The van der Waals surface area contributed by atoms with Gasteiger partial charge in [0.15, 0.2) is 27.1 Å². The SMILES string of the molecule is [2H]C([2H])(c1ccc(-c2cc(-c3nc(-c4ccc(S(=O)(=O)C(C)C)cc4)cnc3N(C(=O)OC(C)(C)C)C(=O)OC(C)(C)C)on2)cc1)N(C)C(=O)OC(C)(C)C. The molecule has 0 unspecified atom stereocenters. The number of amides is 3. The second-order valence-corrected chi connectivity index (χ2v) is 18.2. The van der Waals surface area contributed by atoms with Crippen molar-refractivity contribution in [3.8, 4) is 34.0 Å². The first-order chi connectivity index (χ1) is 25.6. The van der Waals surface area contributed by atoms with Crippen molar-refractivity contribution in [2.45, 2.75) is 110 Å². The smallest absolute Gasteiger partial charge is 0.425 e. The number of benzene rings is 2. The molecular weight excluding hydrogens is 715 g/mol. The summed E-state index contributed by atoms with van der Waals surface area (Å²) < 4.78 is 65.1. The fourth-order valence-corrected chi connectivity index (χ4v) is 5.67. The summed E-state index contributed by atoms with van der Waals surface area (Å²) in [6, 6.07) is 13.7. The van der Waals surface area contributed by atoms with Crippen molar-refractivity contribution in [3.63, 3.8) is 0 Å². The predicted octanol–water partition coefficient (Wildman–Crippen LogP) is 8.69. The predicted molar refractivity (Wildman–Crippen MR) is 203 cm³/mol. The summed E-state index contributed by atoms with van der Waals surface area (Å²) in [6.45, 7) is 15.8. The molecule has 0 aliphatic heterocycles. The Hall–Kier alpha value is -5.31. The first kappa shape index (κ1) is 38.4. The van der Waals surface area contributed by atoms with Crippen molar-refractivity contribution in [2.24, 2.45) is 0 Å². The molecule has 2 aromatic carbocycles. The van der Waals surface area contributed by atoms with Crippen LogP contribution in [0.5, 0.6) is 0 Å². The number of aromatic nitrogens is 3. The van der Waals surface area contributed by atoms with Gasteiger partial charge < -0.3 is 23.6 Å². The first-order valence-corrected chi connectivity index (χ1v) is 18.7. The second kappa shape index (κ2) is 15.6. The van der Waals surface area contributed by atoms with Gasteiger partial charge in [-0.1, -0.05) is 41.6 Å². The molecule has 54 heavy (non-hydrogen) atoms. The minimum absolute atomic E-state index is 0.0236. The van der Waals surface area contributed by atoms with E-state index in [1.165, 1.54) is 43.6 Å². The van der Waals surface area contributed by atoms with Crippen LogP contribution in [0, 0.1) is 0 Å². The fraction of sp³-hybridized carbons (Fsp3) is 0.436. The van der Waals surface area contributed by atoms with E-state index in [9.17, 15) is 22.8 Å². The van der Waals surface area contributed by atoms with Crippen LogP contribution in [0.25, 0.3) is 34.0 Å². The Kier molecular flexibility index (Phi) is 11.1. The standard InChI is InChI=1S/C39H49N5O9S/c1-24(2)54(48,49)28-19-17-27(18-20-28)30-22-40-33(44(35(46)51-38(6,7)8)36(47)52-39(9,10)11)32(41-30)31-21-29(42-53-31)26-15-13-25(14-16-26)23-43(12)34(45)50-37(3,4)5/h13-22,24H,23H2,1-12H3/i23D2. The summed E-state index contributed by atoms with van der Waals surface area (Å²) in [6.07, 6.45) is -1.72. The zero-order valence-electron chi connectivity index (χ0n) is 34.7. The molecule has 0 radical (unpaired) electrons. The lowest BCUT2D eigenvalue weighted by Crippen LogP contribution is -2.44. The third-order valence-corrected chi connectivity index (χ3v) is 9.28. The van der Waals surface area contributed by atoms with Gasteiger partial charge in [-0.05, 0) is 93.9 Å². The van der Waals surface area contributed by atoms with Crippen LogP contribution in [0.15, 0.2) is 70.2 Å². The Bertz CT molecular complexity index is 2160. The van der Waals surface area contributed by atoms with E-state index in [1.54, 1.807) is 100 Å². The van der Waals surface area contributed by atoms with Crippen LogP contribution in [0.4, 0.5) is 20.2 Å². The Balaban J connectivity index is 1.83. The van der Waals surface area contributed by atoms with E-state index in [1.807, 2.05) is 0 Å². The molecule has 3 amide bonds. The maximum Gasteiger partial charge on any atom is 0.425 e. The molecule has 2 aromatic heterocycles. The van der Waals surface area contributed by atoms with Gasteiger partial charge in [0.1, 0.15) is 22.5 Å². The molecule has 4 aromatic rings. The molecule has 0 atom stereocenters. The number of ether oxygens (including phenoxy) is 3. The highest BCUT2D eigenvalue weighted by molar-refractivity contribution is 7.92. The van der Waals surface area contributed by atoms with Gasteiger partial charge in [0.2, 0.25) is 0 Å². The first-order valence-electron chi connectivity index (χ1n) is 18.1. The maximum atomic E-state index is 13.7. The van der Waals surface area contributed by atoms with Crippen LogP contribution < -0.4 is 4.90 Å². The van der Waals surface area contributed by atoms with Gasteiger partial charge in [-0.25, -0.2) is 32.8 Å². The minimum Gasteiger partial charge on any atom is -0.444 e. The maximum absolute atomic E-state index is 13.7. The summed E-state index contributed by atoms with van der Waals surface area (Å²) in [4.78, 5) is 50.8. The fourth-order valence-electron chi connectivity index (χ4n) is 4.61. The Morgan fingerprint density at radius 2 is 1.26 bits per heavy atom. The van der Waals surface area contributed by atoms with E-state index >= 15 is 0 Å². The van der Waals surface area contributed by atoms with E-state index in [-0.39, 0.29) is 39.1 Å². The van der Waals surface area contributed by atoms with Crippen LogP contribution >= 0.6 is 0 Å². The highest BCUT2D eigenvalue weighted by Crippen LogP contribution is 2.35. The van der Waals surface area contributed by atoms with Crippen LogP contribution in [0.3, 0.4) is 0 Å². The van der Waals surface area contributed by atoms with Gasteiger partial charge in [0, 0.05) is 30.7 Å². The summed E-state index contributed by atoms with van der Waals surface area (Å²) in [5.74, 6) is -0.322. The monoisotopic (exact) mass is 765 g/mol. The quantitative estimate of drug-likeness (QED) is 0.157. The Morgan fingerprint density at radius 3 is 1.76 bits per heavy atom. The van der Waals surface area contributed by atoms with Crippen LogP contribution in [-0.4, -0.2) is 75.8 Å². The molecule has 0 fully saturated rings. The molecule has 0 aliphatic rings. The van der Waals surface area contributed by atoms with E-state index in [4.69, 9.17) is 26.5 Å². The molecule has 0 saturated carbocycles. The number of hydrogen-bond acceptors (Lipinski definition) is 12. The van der Waals surface area contributed by atoms with Crippen molar-refractivity contribution in [2.75, 3.05) is 11.9 Å². The topological polar surface area (TPSA) is 171 Å². The second-order valence-electron chi connectivity index (χ2n) is 15.6. The van der Waals surface area contributed by atoms with Crippen molar-refractivity contribution >= 4 is 33.9 Å². The molecule has 0 saturated heterocycles. The third kappa shape index (κ3) is 10.6. The molecule has 2 heterocycles. The zero-order chi connectivity index (χ0) is 42.2. The van der Waals surface area contributed by atoms with Crippen molar-refractivity contribution < 1.29 is 44.3 Å². The highest BCUT2D eigenvalue weighted by Gasteiger charge is 2.37. The van der Waals surface area contributed by atoms with Crippen LogP contribution in [-0.2, 0) is 30.5 Å². The normalized spacial score (nSPS) is 13.1. The number of imide groups is 1. The zero-order valence-corrected chi connectivity index (χ0v) is 33.5. The lowest BCUT2D eigenvalue weighted by molar-refractivity contribution is 0.0283. The van der Waals surface area contributed by atoms with Gasteiger partial charge in [-0.15, -0.1) is 0 Å². The number of carbonyl (C=O) groups excluding carboxylic acids is 3. The molecule has 0 N–H and O–H groups in total. The molecule has 0 spiro atoms. The van der Waals surface area contributed by atoms with E-state index in [0.29, 0.717) is 16.0 Å². The van der Waals surface area contributed by atoms with Crippen LogP contribution in [0.2, 0.25) is 0 Å². The summed E-state index contributed by atoms with van der Waals surface area (Å²) in [5, 5.41) is 3.55. The molecule has 290 valence electrons. The average molecular weight is 766 g/mol. The number of hydrogen-bond donors (Lipinski definition) is 0. The van der Waals surface area contributed by atoms with Crippen molar-refractivity contribution in [1.29, 1.82) is 0 Å². The molecule has 4 rings (SSSR count). The summed E-state index contributed by atoms with van der Waals surface area (Å²) in [5.41, 5.74) is -1.34. The molecule has 14 nitrogen and oxygen atoms in total. The van der Waals surface area contributed by atoms with Gasteiger partial charge in [-0.3, -0.25) is 0 Å². The van der Waals surface area contributed by atoms with Gasteiger partial charge >= 0.3 is 18.3 Å². The Morgan fingerprint density at radius 1 is 0.778 bits per heavy atom. The number of sulfone groups is 1. The third-order valence-electron chi connectivity index (χ3n) is 7.10. The van der Waals surface area contributed by atoms with Crippen LogP contribution in [0.1, 0.15) is 84.5 Å². The average Bonchev–Trinajstić information content (AvgIpc) is 3.56. The molecular formula is C39H49N5O9S. The Labute approximate surface area is 319 Å². The van der Waals surface area contributed by atoms with Crippen molar-refractivity contribution in [1.82, 2.24) is 20.0 Å². The lowest BCUT2D eigenvalue weighted by Gasteiger charge is -2.28. The highest BCUT2D eigenvalue weighted by atomic mass is 32.2. The van der Waals surface area contributed by atoms with Gasteiger partial charge in [-0.2, -0.15) is 4.90 Å². The molecule has 0 aliphatic carbocycles. The van der Waals surface area contributed by atoms with E-state index < -0.39 is 56.7 Å². The summed E-state index contributed by atoms with van der Waals surface area (Å²) >= 11 is 0. The molecule has 0 bridgehead atoms. The summed E-state index contributed by atoms with van der Waals surface area (Å²) in [7, 11) is -2.25. The number of anilines is 1. The minimum atomic E-state index is -3.56. The number of carbonyl (C=O) groups is 3. The van der Waals surface area contributed by atoms with Gasteiger partial charge in [0.05, 0.1) is 24.8 Å².